The Morgan fingerprint density at radius 3 is 2.18 bits per heavy atom. The van der Waals surface area contributed by atoms with Crippen molar-refractivity contribution in [2.45, 2.75) is 18.4 Å². The van der Waals surface area contributed by atoms with Gasteiger partial charge in [0.05, 0.1) is 4.90 Å². The van der Waals surface area contributed by atoms with Crippen LogP contribution < -0.4 is 10.0 Å². The van der Waals surface area contributed by atoms with Crippen LogP contribution in [0.15, 0.2) is 57.9 Å². The van der Waals surface area contributed by atoms with Gasteiger partial charge in [0.2, 0.25) is 15.9 Å². The van der Waals surface area contributed by atoms with Gasteiger partial charge in [-0.05, 0) is 42.0 Å². The van der Waals surface area contributed by atoms with E-state index in [1.807, 2.05) is 0 Å². The first kappa shape index (κ1) is 16.7. The van der Waals surface area contributed by atoms with Crippen LogP contribution in [0.2, 0.25) is 0 Å². The molecule has 0 unspecified atom stereocenters. The summed E-state index contributed by atoms with van der Waals surface area (Å²) in [5, 5.41) is 2.65. The molecule has 7 heteroatoms. The number of benzene rings is 2. The number of amides is 1. The van der Waals surface area contributed by atoms with Crippen molar-refractivity contribution in [3.8, 4) is 0 Å². The first-order valence-corrected chi connectivity index (χ1v) is 8.76. The van der Waals surface area contributed by atoms with E-state index in [-0.39, 0.29) is 17.3 Å². The standard InChI is InChI=1S/C15H15BrN2O3S/c1-11(19)18-14-6-2-12(3-7-14)10-17-22(20,21)15-8-4-13(16)5-9-15/h2-9,17H,10H2,1H3,(H,18,19). The number of hydrogen-bond donors (Lipinski definition) is 2. The molecule has 0 aromatic heterocycles. The van der Waals surface area contributed by atoms with Crippen LogP contribution >= 0.6 is 15.9 Å². The zero-order chi connectivity index (χ0) is 16.2. The van der Waals surface area contributed by atoms with Crippen LogP contribution in [0.4, 0.5) is 5.69 Å². The fraction of sp³-hybridized carbons (Fsp3) is 0.133. The zero-order valence-electron chi connectivity index (χ0n) is 11.8. The van der Waals surface area contributed by atoms with Crippen LogP contribution in [-0.4, -0.2) is 14.3 Å². The van der Waals surface area contributed by atoms with Crippen LogP contribution in [-0.2, 0) is 21.4 Å². The van der Waals surface area contributed by atoms with Crippen LogP contribution in [0.25, 0.3) is 0 Å². The van der Waals surface area contributed by atoms with E-state index in [2.05, 4.69) is 26.0 Å². The summed E-state index contributed by atoms with van der Waals surface area (Å²) in [5.41, 5.74) is 1.47. The molecule has 0 heterocycles. The minimum absolute atomic E-state index is 0.149. The monoisotopic (exact) mass is 382 g/mol. The second-order valence-electron chi connectivity index (χ2n) is 4.66. The SMILES string of the molecule is CC(=O)Nc1ccc(CNS(=O)(=O)c2ccc(Br)cc2)cc1. The minimum atomic E-state index is -3.54. The molecule has 22 heavy (non-hydrogen) atoms. The average molecular weight is 383 g/mol. The van der Waals surface area contributed by atoms with Gasteiger partial charge in [-0.15, -0.1) is 0 Å². The molecule has 0 aliphatic carbocycles. The van der Waals surface area contributed by atoms with Gasteiger partial charge in [-0.25, -0.2) is 13.1 Å². The van der Waals surface area contributed by atoms with E-state index in [1.165, 1.54) is 19.1 Å². The molecule has 2 N–H and O–H groups in total. The second kappa shape index (κ2) is 7.04. The summed E-state index contributed by atoms with van der Waals surface area (Å²) in [7, 11) is -3.54. The maximum absolute atomic E-state index is 12.1. The van der Waals surface area contributed by atoms with Gasteiger partial charge in [0.1, 0.15) is 0 Å². The smallest absolute Gasteiger partial charge is 0.240 e. The molecule has 0 radical (unpaired) electrons. The number of sulfonamides is 1. The normalized spacial score (nSPS) is 11.2. The van der Waals surface area contributed by atoms with Gasteiger partial charge >= 0.3 is 0 Å². The van der Waals surface area contributed by atoms with Gasteiger partial charge in [0.25, 0.3) is 0 Å². The number of rotatable bonds is 5. The second-order valence-corrected chi connectivity index (χ2v) is 7.34. The summed E-state index contributed by atoms with van der Waals surface area (Å²) < 4.78 is 27.7. The summed E-state index contributed by atoms with van der Waals surface area (Å²) >= 11 is 3.27. The summed E-state index contributed by atoms with van der Waals surface area (Å²) in [4.78, 5) is 11.1. The minimum Gasteiger partial charge on any atom is -0.326 e. The number of nitrogens with one attached hydrogen (secondary N) is 2. The molecule has 1 amide bonds. The Kier molecular flexibility index (Phi) is 5.33. The Balaban J connectivity index is 2.02. The summed E-state index contributed by atoms with van der Waals surface area (Å²) in [6.45, 7) is 1.61. The first-order chi connectivity index (χ1) is 10.4. The van der Waals surface area contributed by atoms with Gasteiger partial charge in [0, 0.05) is 23.6 Å². The lowest BCUT2D eigenvalue weighted by Crippen LogP contribution is -2.23. The van der Waals surface area contributed by atoms with Gasteiger partial charge in [-0.3, -0.25) is 4.79 Å². The van der Waals surface area contributed by atoms with Crippen molar-refractivity contribution in [1.29, 1.82) is 0 Å². The van der Waals surface area contributed by atoms with E-state index in [0.29, 0.717) is 5.69 Å². The fourth-order valence-corrected chi connectivity index (χ4v) is 3.07. The Morgan fingerprint density at radius 2 is 1.64 bits per heavy atom. The molecule has 0 aliphatic heterocycles. The molecule has 5 nitrogen and oxygen atoms in total. The molecule has 0 bridgehead atoms. The zero-order valence-corrected chi connectivity index (χ0v) is 14.2. The molecular formula is C15H15BrN2O3S. The van der Waals surface area contributed by atoms with E-state index in [4.69, 9.17) is 0 Å². The number of carbonyl (C=O) groups is 1. The predicted molar refractivity (Wildman–Crippen MR) is 88.9 cm³/mol. The Labute approximate surface area is 137 Å². The molecule has 0 atom stereocenters. The molecule has 2 rings (SSSR count). The molecule has 0 saturated carbocycles. The van der Waals surface area contributed by atoms with Gasteiger partial charge < -0.3 is 5.32 Å². The number of carbonyl (C=O) groups excluding carboxylic acids is 1. The van der Waals surface area contributed by atoms with Crippen molar-refractivity contribution in [2.24, 2.45) is 0 Å². The summed E-state index contributed by atoms with van der Waals surface area (Å²) in [6, 6.07) is 13.4. The van der Waals surface area contributed by atoms with Crippen molar-refractivity contribution in [3.05, 3.63) is 58.6 Å². The van der Waals surface area contributed by atoms with Crippen LogP contribution in [0.5, 0.6) is 0 Å². The number of anilines is 1. The molecule has 2 aromatic carbocycles. The molecule has 0 fully saturated rings. The third-order valence-corrected chi connectivity index (χ3v) is 4.81. The molecule has 0 aliphatic rings. The fourth-order valence-electron chi connectivity index (χ4n) is 1.78. The van der Waals surface area contributed by atoms with E-state index in [9.17, 15) is 13.2 Å². The first-order valence-electron chi connectivity index (χ1n) is 6.48. The molecule has 116 valence electrons. The predicted octanol–water partition coefficient (Wildman–Crippen LogP) is 2.89. The topological polar surface area (TPSA) is 75.3 Å². The van der Waals surface area contributed by atoms with Crippen molar-refractivity contribution in [1.82, 2.24) is 4.72 Å². The van der Waals surface area contributed by atoms with E-state index in [0.717, 1.165) is 10.0 Å². The van der Waals surface area contributed by atoms with Gasteiger partial charge in [0.15, 0.2) is 0 Å². The van der Waals surface area contributed by atoms with Gasteiger partial charge in [-0.2, -0.15) is 0 Å². The lowest BCUT2D eigenvalue weighted by molar-refractivity contribution is -0.114. The highest BCUT2D eigenvalue weighted by Gasteiger charge is 2.13. The Bertz CT molecular complexity index is 756. The van der Waals surface area contributed by atoms with Gasteiger partial charge in [-0.1, -0.05) is 28.1 Å². The third-order valence-electron chi connectivity index (χ3n) is 2.86. The van der Waals surface area contributed by atoms with Crippen molar-refractivity contribution >= 4 is 37.5 Å². The molecule has 2 aromatic rings. The molecule has 0 spiro atoms. The third kappa shape index (κ3) is 4.66. The summed E-state index contributed by atoms with van der Waals surface area (Å²) in [5.74, 6) is -0.149. The van der Waals surface area contributed by atoms with Crippen LogP contribution in [0, 0.1) is 0 Å². The summed E-state index contributed by atoms with van der Waals surface area (Å²) in [6.07, 6.45) is 0. The Morgan fingerprint density at radius 1 is 1.05 bits per heavy atom. The Hall–Kier alpha value is -1.70. The van der Waals surface area contributed by atoms with Crippen LogP contribution in [0.1, 0.15) is 12.5 Å². The van der Waals surface area contributed by atoms with Crippen molar-refractivity contribution in [2.75, 3.05) is 5.32 Å². The van der Waals surface area contributed by atoms with E-state index in [1.54, 1.807) is 36.4 Å². The largest absolute Gasteiger partial charge is 0.326 e. The highest BCUT2D eigenvalue weighted by atomic mass is 79.9. The lowest BCUT2D eigenvalue weighted by atomic mass is 10.2. The van der Waals surface area contributed by atoms with Crippen LogP contribution in [0.3, 0.4) is 0 Å². The highest BCUT2D eigenvalue weighted by molar-refractivity contribution is 9.10. The van der Waals surface area contributed by atoms with Crippen molar-refractivity contribution in [3.63, 3.8) is 0 Å². The van der Waals surface area contributed by atoms with E-state index < -0.39 is 10.0 Å². The molecular weight excluding hydrogens is 368 g/mol. The quantitative estimate of drug-likeness (QED) is 0.834. The lowest BCUT2D eigenvalue weighted by Gasteiger charge is -2.08. The van der Waals surface area contributed by atoms with Crippen molar-refractivity contribution < 1.29 is 13.2 Å². The number of hydrogen-bond acceptors (Lipinski definition) is 3. The molecule has 0 saturated heterocycles. The maximum Gasteiger partial charge on any atom is 0.240 e. The van der Waals surface area contributed by atoms with E-state index >= 15 is 0 Å². The average Bonchev–Trinajstić information content (AvgIpc) is 2.46. The highest BCUT2D eigenvalue weighted by Crippen LogP contribution is 2.15. The maximum atomic E-state index is 12.1. The number of halogens is 1.